The number of ether oxygens (including phenoxy) is 4. The van der Waals surface area contributed by atoms with Crippen molar-refractivity contribution < 1.29 is 68.2 Å². The molecule has 24 heteroatoms. The highest BCUT2D eigenvalue weighted by Gasteiger charge is 2.79. The summed E-state index contributed by atoms with van der Waals surface area (Å²) in [5.41, 5.74) is -16.2. The van der Waals surface area contributed by atoms with Crippen LogP contribution in [-0.2, 0) is 38.3 Å². The molecule has 24 nitrogen and oxygen atoms in total. The van der Waals surface area contributed by atoms with Crippen molar-refractivity contribution in [3.63, 3.8) is 0 Å². The van der Waals surface area contributed by atoms with E-state index < -0.39 is 101 Å². The molecule has 2 heterocycles. The minimum Gasteiger partial charge on any atom is -0.440 e. The van der Waals surface area contributed by atoms with E-state index >= 15 is 0 Å². The van der Waals surface area contributed by atoms with Crippen LogP contribution in [0.2, 0.25) is 0 Å². The molecule has 0 aromatic heterocycles. The van der Waals surface area contributed by atoms with Gasteiger partial charge in [0.1, 0.15) is 13.2 Å². The summed E-state index contributed by atoms with van der Waals surface area (Å²) in [6.45, 7) is 22.2. The molecule has 2 aliphatic rings. The van der Waals surface area contributed by atoms with Gasteiger partial charge in [0.15, 0.2) is 22.4 Å². The van der Waals surface area contributed by atoms with E-state index in [0.29, 0.717) is 51.4 Å². The van der Waals surface area contributed by atoms with Crippen LogP contribution in [0.5, 0.6) is 0 Å². The SMILES string of the molecule is CCC[C@@]1(C)OC(C)(CO[N+](=O)[O-])[C@@](C)(CCC)[C@](C)(OC(=O)NCCCCCCNC(=O)O[C@]2(C)C(C)(O[N+](=O)[O-])[C@](C)(CCC)OC(C)(CO[N+](=O)[O-])[C@]2(C)CCC)C1(C)O[N+](=O)[O-]. The monoisotopic (exact) mass is 953 g/mol. The van der Waals surface area contributed by atoms with E-state index in [9.17, 15) is 50.0 Å². The van der Waals surface area contributed by atoms with E-state index in [1.165, 1.54) is 27.7 Å². The van der Waals surface area contributed by atoms with Crippen LogP contribution in [-0.4, -0.2) is 104 Å². The predicted molar refractivity (Wildman–Crippen MR) is 235 cm³/mol. The maximum Gasteiger partial charge on any atom is 0.407 e. The number of nitrogens with zero attached hydrogens (tertiary/aromatic N) is 4. The van der Waals surface area contributed by atoms with Gasteiger partial charge in [0.05, 0.1) is 22.4 Å². The Balaban J connectivity index is 2.25. The van der Waals surface area contributed by atoms with Crippen molar-refractivity contribution in [2.75, 3.05) is 26.3 Å². The van der Waals surface area contributed by atoms with E-state index in [-0.39, 0.29) is 38.8 Å². The first-order chi connectivity index (χ1) is 30.3. The third kappa shape index (κ3) is 10.5. The molecule has 382 valence electrons. The molecule has 0 aliphatic carbocycles. The molecule has 0 aromatic carbocycles. The molecule has 2 fully saturated rings. The quantitative estimate of drug-likeness (QED) is 0.0445. The van der Waals surface area contributed by atoms with Crippen molar-refractivity contribution in [1.29, 1.82) is 0 Å². The molecule has 0 radical (unpaired) electrons. The second-order valence-corrected chi connectivity index (χ2v) is 19.6. The van der Waals surface area contributed by atoms with Crippen molar-refractivity contribution in [2.24, 2.45) is 10.8 Å². The van der Waals surface area contributed by atoms with Gasteiger partial charge in [-0.3, -0.25) is 0 Å². The zero-order valence-electron chi connectivity index (χ0n) is 41.5. The number of nitrogens with one attached hydrogen (secondary N) is 2. The average molecular weight is 953 g/mol. The van der Waals surface area contributed by atoms with Gasteiger partial charge in [-0.05, 0) is 93.9 Å². The Kier molecular flexibility index (Phi) is 18.7. The van der Waals surface area contributed by atoms with Crippen LogP contribution in [0.25, 0.3) is 0 Å². The summed E-state index contributed by atoms with van der Waals surface area (Å²) in [6.07, 6.45) is 3.02. The molecule has 10 atom stereocenters. The lowest BCUT2D eigenvalue weighted by Gasteiger charge is -2.69. The minimum absolute atomic E-state index is 0.132. The smallest absolute Gasteiger partial charge is 0.407 e. The summed E-state index contributed by atoms with van der Waals surface area (Å²) >= 11 is 0. The fourth-order valence-corrected chi connectivity index (χ4v) is 11.3. The highest BCUT2D eigenvalue weighted by molar-refractivity contribution is 5.68. The van der Waals surface area contributed by atoms with Gasteiger partial charge in [-0.15, -0.1) is 40.5 Å². The first kappa shape index (κ1) is 57.4. The standard InChI is InChI=1S/C42H76N6O18/c1-15-23-33(5)37(9,29-59-45(51)52)63-35(7,25-17-3)41(13,65-47(55)56)39(33,11)61-31(49)43-27-21-19-20-22-28-44-32(50)62-40(12)34(6,24-16-2)38(10,30-60-46(53)54)64-36(8,26-18-4)42(40,14)66-48(57)58/h15-30H2,1-14H3,(H,43,49)(H,44,50)/t33-,34+,35-,36+,37?,38?,39-,40-,41?,42?/m0/s1. The second-order valence-electron chi connectivity index (χ2n) is 19.6. The van der Waals surface area contributed by atoms with Crippen LogP contribution in [0.3, 0.4) is 0 Å². The molecule has 2 amide bonds. The van der Waals surface area contributed by atoms with E-state index in [4.69, 9.17) is 38.3 Å². The first-order valence-corrected chi connectivity index (χ1v) is 22.9. The zero-order chi connectivity index (χ0) is 50.8. The topological polar surface area (TPSA) is 305 Å². The molecule has 0 saturated carbocycles. The van der Waals surface area contributed by atoms with Crippen LogP contribution in [0.15, 0.2) is 0 Å². The lowest BCUT2D eigenvalue weighted by atomic mass is 9.50. The Labute approximate surface area is 386 Å². The molecule has 66 heavy (non-hydrogen) atoms. The van der Waals surface area contributed by atoms with Crippen LogP contribution in [0, 0.1) is 51.3 Å². The lowest BCUT2D eigenvalue weighted by Crippen LogP contribution is -2.83. The van der Waals surface area contributed by atoms with Crippen molar-refractivity contribution >= 4 is 12.2 Å². The van der Waals surface area contributed by atoms with Crippen molar-refractivity contribution in [1.82, 2.24) is 10.6 Å². The molecule has 4 unspecified atom stereocenters. The van der Waals surface area contributed by atoms with Gasteiger partial charge in [0.2, 0.25) is 0 Å². The minimum atomic E-state index is -1.92. The predicted octanol–water partition coefficient (Wildman–Crippen LogP) is 8.18. The number of unbranched alkanes of at least 4 members (excludes halogenated alkanes) is 3. The summed E-state index contributed by atoms with van der Waals surface area (Å²) in [7, 11) is 0. The number of carbonyl (C=O) groups is 2. The second kappa shape index (κ2) is 21.5. The molecular formula is C42H76N6O18. The highest BCUT2D eigenvalue weighted by Crippen LogP contribution is 2.65. The van der Waals surface area contributed by atoms with Gasteiger partial charge >= 0.3 is 12.2 Å². The number of alkyl carbamates (subject to hydrolysis) is 2. The van der Waals surface area contributed by atoms with E-state index in [2.05, 4.69) is 10.6 Å². The molecule has 2 N–H and O–H groups in total. The first-order valence-electron chi connectivity index (χ1n) is 22.9. The van der Waals surface area contributed by atoms with Crippen LogP contribution in [0.4, 0.5) is 9.59 Å². The largest absolute Gasteiger partial charge is 0.440 e. The van der Waals surface area contributed by atoms with Crippen LogP contribution in [0.1, 0.15) is 174 Å². The maximum atomic E-state index is 13.7. The highest BCUT2D eigenvalue weighted by atomic mass is 17.0. The van der Waals surface area contributed by atoms with E-state index in [1.54, 1.807) is 41.5 Å². The van der Waals surface area contributed by atoms with Gasteiger partial charge in [-0.25, -0.2) is 9.59 Å². The van der Waals surface area contributed by atoms with Crippen molar-refractivity contribution in [3.8, 4) is 0 Å². The van der Waals surface area contributed by atoms with Crippen molar-refractivity contribution in [3.05, 3.63) is 40.5 Å². The van der Waals surface area contributed by atoms with Gasteiger partial charge in [-0.1, -0.05) is 80.1 Å². The molecule has 2 saturated heterocycles. The van der Waals surface area contributed by atoms with Gasteiger partial charge in [0.25, 0.3) is 20.3 Å². The molecule has 2 aliphatic heterocycles. The summed E-state index contributed by atoms with van der Waals surface area (Å²) in [5.74, 6) is 0. The van der Waals surface area contributed by atoms with Crippen LogP contribution >= 0.6 is 0 Å². The number of hydrogen-bond acceptors (Lipinski definition) is 18. The summed E-state index contributed by atoms with van der Waals surface area (Å²) < 4.78 is 25.8. The third-order valence-electron chi connectivity index (χ3n) is 15.8. The fourth-order valence-electron chi connectivity index (χ4n) is 11.3. The third-order valence-corrected chi connectivity index (χ3v) is 15.8. The van der Waals surface area contributed by atoms with Crippen LogP contribution < -0.4 is 10.6 Å². The maximum absolute atomic E-state index is 13.7. The van der Waals surface area contributed by atoms with Gasteiger partial charge in [-0.2, -0.15) is 0 Å². The Hall–Kier alpha value is -4.74. The molecule has 0 aromatic rings. The molecule has 2 rings (SSSR count). The molecule has 0 bridgehead atoms. The number of rotatable bonds is 27. The van der Waals surface area contributed by atoms with E-state index in [0.717, 1.165) is 0 Å². The Bertz CT molecular complexity index is 1630. The average Bonchev–Trinajstić information content (AvgIpc) is 3.18. The lowest BCUT2D eigenvalue weighted by molar-refractivity contribution is -0.796. The number of amides is 2. The summed E-state index contributed by atoms with van der Waals surface area (Å²) in [6, 6.07) is 0. The Morgan fingerprint density at radius 1 is 0.455 bits per heavy atom. The number of carbonyl (C=O) groups excluding carboxylic acids is 2. The summed E-state index contributed by atoms with van der Waals surface area (Å²) in [4.78, 5) is 95.2. The summed E-state index contributed by atoms with van der Waals surface area (Å²) in [5, 5.41) is 48.8. The van der Waals surface area contributed by atoms with Crippen molar-refractivity contribution in [2.45, 2.75) is 219 Å². The molecular weight excluding hydrogens is 876 g/mol. The van der Waals surface area contributed by atoms with E-state index in [1.807, 2.05) is 27.7 Å². The Morgan fingerprint density at radius 2 is 0.758 bits per heavy atom. The Morgan fingerprint density at radius 3 is 1.02 bits per heavy atom. The zero-order valence-corrected chi connectivity index (χ0v) is 41.5. The van der Waals surface area contributed by atoms with Gasteiger partial charge < -0.3 is 48.9 Å². The fraction of sp³-hybridized carbons (Fsp3) is 0.952. The normalized spacial score (nSPS) is 36.3. The number of hydrogen-bond donors (Lipinski definition) is 2. The molecule has 0 spiro atoms. The van der Waals surface area contributed by atoms with Gasteiger partial charge in [0, 0.05) is 23.9 Å².